The fraction of sp³-hybridized carbons (Fsp3) is 0.208. The van der Waals surface area contributed by atoms with E-state index in [-0.39, 0.29) is 5.91 Å². The van der Waals surface area contributed by atoms with E-state index in [1.54, 1.807) is 16.8 Å². The molecular formula is C24H24N4O3S. The van der Waals surface area contributed by atoms with Crippen LogP contribution in [0.5, 0.6) is 11.5 Å². The normalized spacial score (nSPS) is 10.7. The van der Waals surface area contributed by atoms with Gasteiger partial charge in [0.25, 0.3) is 5.91 Å². The third-order valence-electron chi connectivity index (χ3n) is 4.64. The third kappa shape index (κ3) is 4.65. The number of thiazole rings is 1. The maximum Gasteiger partial charge on any atom is 0.260 e. The van der Waals surface area contributed by atoms with Crippen LogP contribution in [-0.2, 0) is 0 Å². The van der Waals surface area contributed by atoms with Gasteiger partial charge in [-0.1, -0.05) is 12.1 Å². The lowest BCUT2D eigenvalue weighted by Crippen LogP contribution is -2.16. The Kier molecular flexibility index (Phi) is 6.51. The zero-order valence-electron chi connectivity index (χ0n) is 18.2. The standard InChI is InChI=1S/C24H24N4O3S/c1-4-30-18-12-10-17(11-13-18)20-15-32-24(25-20)28-22(14-16(3)27-28)26-23(29)19-8-6-7-9-21(19)31-5-2/h6-15H,4-5H2,1-3H3,(H,26,29). The highest BCUT2D eigenvalue weighted by Gasteiger charge is 2.17. The molecule has 0 atom stereocenters. The first-order valence-corrected chi connectivity index (χ1v) is 11.3. The SMILES string of the molecule is CCOc1ccc(-c2csc(-n3nc(C)cc3NC(=O)c3ccccc3OCC)n2)cc1. The first-order chi connectivity index (χ1) is 15.6. The van der Waals surface area contributed by atoms with Crippen molar-refractivity contribution in [3.05, 3.63) is 71.2 Å². The molecule has 7 nitrogen and oxygen atoms in total. The van der Waals surface area contributed by atoms with Crippen molar-refractivity contribution in [1.29, 1.82) is 0 Å². The molecule has 1 amide bonds. The van der Waals surface area contributed by atoms with Crippen LogP contribution in [0.2, 0.25) is 0 Å². The quantitative estimate of drug-likeness (QED) is 0.393. The summed E-state index contributed by atoms with van der Waals surface area (Å²) < 4.78 is 12.7. The molecule has 0 fully saturated rings. The van der Waals surface area contributed by atoms with Gasteiger partial charge >= 0.3 is 0 Å². The van der Waals surface area contributed by atoms with Crippen molar-refractivity contribution in [1.82, 2.24) is 14.8 Å². The van der Waals surface area contributed by atoms with Crippen LogP contribution >= 0.6 is 11.3 Å². The maximum absolute atomic E-state index is 13.0. The van der Waals surface area contributed by atoms with Gasteiger partial charge in [-0.05, 0) is 57.2 Å². The van der Waals surface area contributed by atoms with E-state index in [0.29, 0.717) is 35.5 Å². The minimum Gasteiger partial charge on any atom is -0.494 e. The Labute approximate surface area is 190 Å². The van der Waals surface area contributed by atoms with Crippen LogP contribution in [0.1, 0.15) is 29.9 Å². The molecule has 8 heteroatoms. The molecule has 0 unspecified atom stereocenters. The number of benzene rings is 2. The molecule has 0 aliphatic rings. The summed E-state index contributed by atoms with van der Waals surface area (Å²) in [5.74, 6) is 1.65. The molecule has 4 aromatic rings. The molecule has 4 rings (SSSR count). The zero-order chi connectivity index (χ0) is 22.5. The molecular weight excluding hydrogens is 424 g/mol. The molecule has 2 aromatic heterocycles. The van der Waals surface area contributed by atoms with Gasteiger partial charge in [-0.3, -0.25) is 4.79 Å². The number of aryl methyl sites for hydroxylation is 1. The monoisotopic (exact) mass is 448 g/mol. The van der Waals surface area contributed by atoms with Crippen molar-refractivity contribution in [2.45, 2.75) is 20.8 Å². The lowest BCUT2D eigenvalue weighted by atomic mass is 10.2. The molecule has 0 spiro atoms. The van der Waals surface area contributed by atoms with Gasteiger partial charge in [0.2, 0.25) is 5.13 Å². The van der Waals surface area contributed by atoms with Gasteiger partial charge in [0.15, 0.2) is 0 Å². The van der Waals surface area contributed by atoms with Crippen LogP contribution in [0.15, 0.2) is 60.0 Å². The molecule has 0 saturated heterocycles. The Hall–Kier alpha value is -3.65. The number of carbonyl (C=O) groups excluding carboxylic acids is 1. The molecule has 1 N–H and O–H groups in total. The topological polar surface area (TPSA) is 78.3 Å². The van der Waals surface area contributed by atoms with Gasteiger partial charge < -0.3 is 14.8 Å². The Morgan fingerprint density at radius 1 is 1.06 bits per heavy atom. The van der Waals surface area contributed by atoms with E-state index in [1.807, 2.05) is 68.6 Å². The predicted octanol–water partition coefficient (Wildman–Crippen LogP) is 5.35. The number of hydrogen-bond acceptors (Lipinski definition) is 6. The van der Waals surface area contributed by atoms with Gasteiger partial charge in [-0.15, -0.1) is 11.3 Å². The number of hydrogen-bond donors (Lipinski definition) is 1. The predicted molar refractivity (Wildman–Crippen MR) is 126 cm³/mol. The smallest absolute Gasteiger partial charge is 0.260 e. The average molecular weight is 449 g/mol. The fourth-order valence-electron chi connectivity index (χ4n) is 3.24. The Bertz CT molecular complexity index is 1210. The van der Waals surface area contributed by atoms with Crippen molar-refractivity contribution < 1.29 is 14.3 Å². The first-order valence-electron chi connectivity index (χ1n) is 10.4. The van der Waals surface area contributed by atoms with Crippen molar-refractivity contribution in [2.24, 2.45) is 0 Å². The van der Waals surface area contributed by atoms with Gasteiger partial charge in [0, 0.05) is 17.0 Å². The number of carbonyl (C=O) groups is 1. The Morgan fingerprint density at radius 2 is 1.81 bits per heavy atom. The second-order valence-electron chi connectivity index (χ2n) is 6.94. The van der Waals surface area contributed by atoms with E-state index >= 15 is 0 Å². The Balaban J connectivity index is 1.59. The summed E-state index contributed by atoms with van der Waals surface area (Å²) in [6.45, 7) is 6.83. The largest absolute Gasteiger partial charge is 0.494 e. The number of amides is 1. The van der Waals surface area contributed by atoms with Crippen molar-refractivity contribution in [2.75, 3.05) is 18.5 Å². The second kappa shape index (κ2) is 9.65. The van der Waals surface area contributed by atoms with Crippen molar-refractivity contribution >= 4 is 23.1 Å². The van der Waals surface area contributed by atoms with Crippen LogP contribution in [0.25, 0.3) is 16.4 Å². The number of rotatable bonds is 8. The molecule has 32 heavy (non-hydrogen) atoms. The molecule has 0 aliphatic carbocycles. The van der Waals surface area contributed by atoms with E-state index in [2.05, 4.69) is 10.4 Å². The minimum atomic E-state index is -0.265. The van der Waals surface area contributed by atoms with Crippen LogP contribution in [0.4, 0.5) is 5.82 Å². The zero-order valence-corrected chi connectivity index (χ0v) is 19.0. The lowest BCUT2D eigenvalue weighted by molar-refractivity contribution is 0.102. The van der Waals surface area contributed by atoms with Crippen LogP contribution in [0, 0.1) is 6.92 Å². The summed E-state index contributed by atoms with van der Waals surface area (Å²) in [4.78, 5) is 17.7. The molecule has 0 radical (unpaired) electrons. The highest BCUT2D eigenvalue weighted by atomic mass is 32.1. The van der Waals surface area contributed by atoms with Crippen LogP contribution < -0.4 is 14.8 Å². The number of aromatic nitrogens is 3. The number of anilines is 1. The van der Waals surface area contributed by atoms with E-state index in [1.165, 1.54) is 11.3 Å². The van der Waals surface area contributed by atoms with Gasteiger partial charge in [-0.25, -0.2) is 4.98 Å². The fourth-order valence-corrected chi connectivity index (χ4v) is 4.03. The van der Waals surface area contributed by atoms with Crippen molar-refractivity contribution in [3.8, 4) is 27.9 Å². The van der Waals surface area contributed by atoms with Crippen LogP contribution in [-0.4, -0.2) is 33.9 Å². The van der Waals surface area contributed by atoms with E-state index in [0.717, 1.165) is 22.7 Å². The average Bonchev–Trinajstić information content (AvgIpc) is 3.42. The number of para-hydroxylation sites is 1. The van der Waals surface area contributed by atoms with E-state index in [4.69, 9.17) is 14.5 Å². The molecule has 0 bridgehead atoms. The lowest BCUT2D eigenvalue weighted by Gasteiger charge is -2.10. The van der Waals surface area contributed by atoms with E-state index < -0.39 is 0 Å². The van der Waals surface area contributed by atoms with E-state index in [9.17, 15) is 4.79 Å². The third-order valence-corrected chi connectivity index (χ3v) is 5.46. The molecule has 164 valence electrons. The van der Waals surface area contributed by atoms with Gasteiger partial charge in [0.05, 0.1) is 30.2 Å². The molecule has 2 heterocycles. The molecule has 2 aromatic carbocycles. The number of nitrogens with one attached hydrogen (secondary N) is 1. The number of ether oxygens (including phenoxy) is 2. The second-order valence-corrected chi connectivity index (χ2v) is 7.78. The highest BCUT2D eigenvalue weighted by molar-refractivity contribution is 7.12. The van der Waals surface area contributed by atoms with Crippen molar-refractivity contribution in [3.63, 3.8) is 0 Å². The minimum absolute atomic E-state index is 0.265. The summed E-state index contributed by atoms with van der Waals surface area (Å²) in [5.41, 5.74) is 3.06. The summed E-state index contributed by atoms with van der Waals surface area (Å²) >= 11 is 1.46. The molecule has 0 aliphatic heterocycles. The summed E-state index contributed by atoms with van der Waals surface area (Å²) in [6.07, 6.45) is 0. The maximum atomic E-state index is 13.0. The number of nitrogens with zero attached hydrogens (tertiary/aromatic N) is 3. The summed E-state index contributed by atoms with van der Waals surface area (Å²) in [7, 11) is 0. The summed E-state index contributed by atoms with van der Waals surface area (Å²) in [6, 6.07) is 16.8. The highest BCUT2D eigenvalue weighted by Crippen LogP contribution is 2.28. The van der Waals surface area contributed by atoms with Crippen LogP contribution in [0.3, 0.4) is 0 Å². The van der Waals surface area contributed by atoms with Gasteiger partial charge in [-0.2, -0.15) is 9.78 Å². The summed E-state index contributed by atoms with van der Waals surface area (Å²) in [5, 5.41) is 10.1. The molecule has 0 saturated carbocycles. The van der Waals surface area contributed by atoms with Gasteiger partial charge in [0.1, 0.15) is 17.3 Å². The first kappa shape index (κ1) is 21.6. The Morgan fingerprint density at radius 3 is 2.56 bits per heavy atom.